The van der Waals surface area contributed by atoms with Gasteiger partial charge < -0.3 is 15.5 Å². The fraction of sp³-hybridized carbons (Fsp3) is 0.500. The van der Waals surface area contributed by atoms with Crippen LogP contribution in [0.15, 0.2) is 11.2 Å². The van der Waals surface area contributed by atoms with Gasteiger partial charge in [-0.3, -0.25) is 9.98 Å². The van der Waals surface area contributed by atoms with Crippen LogP contribution in [-0.2, 0) is 6.61 Å². The Kier molecular flexibility index (Phi) is 5.59. The summed E-state index contributed by atoms with van der Waals surface area (Å²) in [6, 6.07) is 0. The zero-order chi connectivity index (χ0) is 12.7. The normalized spacial score (nSPS) is 11.2. The SMILES string of the molecule is CNCCCN=Cc1c(CO)cnc(C)c1O. The van der Waals surface area contributed by atoms with Crippen LogP contribution in [-0.4, -0.2) is 41.5 Å². The van der Waals surface area contributed by atoms with Crippen molar-refractivity contribution < 1.29 is 10.2 Å². The van der Waals surface area contributed by atoms with Gasteiger partial charge in [0.05, 0.1) is 12.3 Å². The number of aliphatic hydroxyl groups excluding tert-OH is 1. The van der Waals surface area contributed by atoms with E-state index in [0.717, 1.165) is 13.0 Å². The molecule has 5 nitrogen and oxygen atoms in total. The Hall–Kier alpha value is -1.46. The van der Waals surface area contributed by atoms with Crippen molar-refractivity contribution in [3.63, 3.8) is 0 Å². The number of nitrogens with one attached hydrogen (secondary N) is 1. The van der Waals surface area contributed by atoms with E-state index < -0.39 is 0 Å². The maximum Gasteiger partial charge on any atom is 0.145 e. The second kappa shape index (κ2) is 6.98. The Bertz CT molecular complexity index is 392. The van der Waals surface area contributed by atoms with E-state index in [0.29, 0.717) is 23.4 Å². The largest absolute Gasteiger partial charge is 0.505 e. The first-order valence-electron chi connectivity index (χ1n) is 5.63. The van der Waals surface area contributed by atoms with Crippen LogP contribution in [0.2, 0.25) is 0 Å². The highest BCUT2D eigenvalue weighted by Crippen LogP contribution is 2.21. The van der Waals surface area contributed by atoms with Crippen LogP contribution in [0.4, 0.5) is 0 Å². The van der Waals surface area contributed by atoms with Crippen molar-refractivity contribution in [1.29, 1.82) is 0 Å². The molecule has 0 spiro atoms. The molecule has 0 atom stereocenters. The minimum absolute atomic E-state index is 0.0916. The molecule has 0 bridgehead atoms. The number of aryl methyl sites for hydroxylation is 1. The third-order valence-corrected chi connectivity index (χ3v) is 2.46. The summed E-state index contributed by atoms with van der Waals surface area (Å²) in [7, 11) is 1.89. The van der Waals surface area contributed by atoms with E-state index in [1.165, 1.54) is 0 Å². The predicted molar refractivity (Wildman–Crippen MR) is 67.6 cm³/mol. The van der Waals surface area contributed by atoms with Crippen LogP contribution < -0.4 is 5.32 Å². The molecule has 94 valence electrons. The molecule has 1 aromatic heterocycles. The molecule has 17 heavy (non-hydrogen) atoms. The molecule has 0 aliphatic heterocycles. The van der Waals surface area contributed by atoms with E-state index in [4.69, 9.17) is 5.11 Å². The van der Waals surface area contributed by atoms with Crippen LogP contribution in [0, 0.1) is 6.92 Å². The van der Waals surface area contributed by atoms with Crippen LogP contribution in [0.3, 0.4) is 0 Å². The first kappa shape index (κ1) is 13.6. The number of hydrogen-bond donors (Lipinski definition) is 3. The Morgan fingerprint density at radius 1 is 1.53 bits per heavy atom. The van der Waals surface area contributed by atoms with E-state index >= 15 is 0 Å². The fourth-order valence-corrected chi connectivity index (χ4v) is 1.43. The molecule has 0 aromatic carbocycles. The quantitative estimate of drug-likeness (QED) is 0.500. The van der Waals surface area contributed by atoms with Crippen molar-refractivity contribution in [2.45, 2.75) is 20.0 Å². The van der Waals surface area contributed by atoms with E-state index in [1.807, 2.05) is 7.05 Å². The van der Waals surface area contributed by atoms with Crippen molar-refractivity contribution in [1.82, 2.24) is 10.3 Å². The van der Waals surface area contributed by atoms with Gasteiger partial charge in [-0.1, -0.05) is 0 Å². The van der Waals surface area contributed by atoms with Crippen LogP contribution in [0.1, 0.15) is 23.2 Å². The highest BCUT2D eigenvalue weighted by molar-refractivity contribution is 5.85. The van der Waals surface area contributed by atoms with Gasteiger partial charge in [-0.15, -0.1) is 0 Å². The summed E-state index contributed by atoms with van der Waals surface area (Å²) in [4.78, 5) is 8.21. The number of rotatable bonds is 6. The molecule has 5 heteroatoms. The lowest BCUT2D eigenvalue weighted by atomic mass is 10.1. The van der Waals surface area contributed by atoms with Crippen molar-refractivity contribution in [2.75, 3.05) is 20.1 Å². The molecule has 0 unspecified atom stereocenters. The molecule has 1 heterocycles. The number of aliphatic imine (C=N–C) groups is 1. The fourth-order valence-electron chi connectivity index (χ4n) is 1.43. The van der Waals surface area contributed by atoms with Crippen molar-refractivity contribution in [3.8, 4) is 5.75 Å². The molecule has 0 aliphatic rings. The smallest absolute Gasteiger partial charge is 0.145 e. The summed E-state index contributed by atoms with van der Waals surface area (Å²) in [5.41, 5.74) is 1.69. The van der Waals surface area contributed by atoms with Gasteiger partial charge in [0.1, 0.15) is 5.75 Å². The number of aliphatic hydroxyl groups is 1. The second-order valence-electron chi connectivity index (χ2n) is 3.78. The molecule has 0 radical (unpaired) electrons. The number of nitrogens with zero attached hydrogens (tertiary/aromatic N) is 2. The van der Waals surface area contributed by atoms with Gasteiger partial charge in [0.2, 0.25) is 0 Å². The number of hydrogen-bond acceptors (Lipinski definition) is 5. The molecule has 0 saturated heterocycles. The topological polar surface area (TPSA) is 77.7 Å². The van der Waals surface area contributed by atoms with Crippen molar-refractivity contribution in [2.24, 2.45) is 4.99 Å². The summed E-state index contributed by atoms with van der Waals surface area (Å²) >= 11 is 0. The zero-order valence-electron chi connectivity index (χ0n) is 10.3. The van der Waals surface area contributed by atoms with Crippen LogP contribution >= 0.6 is 0 Å². The van der Waals surface area contributed by atoms with Crippen molar-refractivity contribution in [3.05, 3.63) is 23.0 Å². The molecule has 0 amide bonds. The third kappa shape index (κ3) is 3.80. The summed E-state index contributed by atoms with van der Waals surface area (Å²) in [6.45, 7) is 3.16. The second-order valence-corrected chi connectivity index (χ2v) is 3.78. The van der Waals surface area contributed by atoms with Gasteiger partial charge >= 0.3 is 0 Å². The Labute approximate surface area is 101 Å². The van der Waals surface area contributed by atoms with Gasteiger partial charge in [-0.25, -0.2) is 0 Å². The Balaban J connectivity index is 2.78. The van der Waals surface area contributed by atoms with E-state index in [2.05, 4.69) is 15.3 Å². The highest BCUT2D eigenvalue weighted by atomic mass is 16.3. The van der Waals surface area contributed by atoms with Gasteiger partial charge in [-0.05, 0) is 26.9 Å². The molecular formula is C12H19N3O2. The average Bonchev–Trinajstić information content (AvgIpc) is 2.34. The molecule has 3 N–H and O–H groups in total. The summed E-state index contributed by atoms with van der Waals surface area (Å²) < 4.78 is 0. The molecular weight excluding hydrogens is 218 g/mol. The zero-order valence-corrected chi connectivity index (χ0v) is 10.3. The third-order valence-electron chi connectivity index (χ3n) is 2.46. The van der Waals surface area contributed by atoms with Gasteiger partial charge in [0.15, 0.2) is 0 Å². The summed E-state index contributed by atoms with van der Waals surface area (Å²) in [5.74, 6) is 0.0916. The molecule has 1 rings (SSSR count). The molecule has 1 aromatic rings. The average molecular weight is 237 g/mol. The van der Waals surface area contributed by atoms with Crippen LogP contribution in [0.25, 0.3) is 0 Å². The first-order chi connectivity index (χ1) is 8.20. The minimum atomic E-state index is -0.154. The predicted octanol–water partition coefficient (Wildman–Crippen LogP) is 0.616. The summed E-state index contributed by atoms with van der Waals surface area (Å²) in [5, 5.41) is 22.0. The molecule has 0 saturated carbocycles. The molecule has 0 aliphatic carbocycles. The standard InChI is InChI=1S/C12H19N3O2/c1-9-12(17)11(10(8-16)6-15-9)7-14-5-3-4-13-2/h6-7,13,16-17H,3-5,8H2,1-2H3. The lowest BCUT2D eigenvalue weighted by molar-refractivity contribution is 0.280. The van der Waals surface area contributed by atoms with E-state index in [9.17, 15) is 5.11 Å². The summed E-state index contributed by atoms with van der Waals surface area (Å²) in [6.07, 6.45) is 4.10. The van der Waals surface area contributed by atoms with Crippen molar-refractivity contribution >= 4 is 6.21 Å². The Morgan fingerprint density at radius 2 is 2.29 bits per heavy atom. The van der Waals surface area contributed by atoms with Gasteiger partial charge in [0.25, 0.3) is 0 Å². The van der Waals surface area contributed by atoms with Gasteiger partial charge in [-0.2, -0.15) is 0 Å². The van der Waals surface area contributed by atoms with E-state index in [-0.39, 0.29) is 12.4 Å². The molecule has 0 fully saturated rings. The Morgan fingerprint density at radius 3 is 2.94 bits per heavy atom. The highest BCUT2D eigenvalue weighted by Gasteiger charge is 2.08. The maximum atomic E-state index is 9.83. The first-order valence-corrected chi connectivity index (χ1v) is 5.63. The lowest BCUT2D eigenvalue weighted by Crippen LogP contribution is -2.08. The number of aromatic hydroxyl groups is 1. The number of pyridine rings is 1. The minimum Gasteiger partial charge on any atom is -0.505 e. The van der Waals surface area contributed by atoms with E-state index in [1.54, 1.807) is 19.3 Å². The van der Waals surface area contributed by atoms with Gasteiger partial charge in [0, 0.05) is 30.1 Å². The maximum absolute atomic E-state index is 9.83. The lowest BCUT2D eigenvalue weighted by Gasteiger charge is -2.06. The monoisotopic (exact) mass is 237 g/mol. The number of aromatic nitrogens is 1. The van der Waals surface area contributed by atoms with Crippen LogP contribution in [0.5, 0.6) is 5.75 Å².